The highest BCUT2D eigenvalue weighted by atomic mass is 14.7. The molecule has 0 saturated carbocycles. The zero-order chi connectivity index (χ0) is 19.5. The molecule has 0 aromatic heterocycles. The maximum Gasteiger partial charge on any atom is 0.280 e. The molecule has 2 rings (SSSR count). The topological polar surface area (TPSA) is 38.4 Å². The Balaban J connectivity index is 2.47. The predicted octanol–water partition coefficient (Wildman–Crippen LogP) is 6.46. The molecule has 2 nitrogen and oxygen atoms in total. The van der Waals surface area contributed by atoms with Crippen LogP contribution in [0.3, 0.4) is 0 Å². The van der Waals surface area contributed by atoms with Crippen molar-refractivity contribution in [2.45, 2.75) is 59.1 Å². The summed E-state index contributed by atoms with van der Waals surface area (Å²) in [6.45, 7) is 6.96. The van der Waals surface area contributed by atoms with Crippen LogP contribution in [-0.4, -0.2) is 12.6 Å². The van der Waals surface area contributed by atoms with Crippen molar-refractivity contribution in [3.63, 3.8) is 0 Å². The van der Waals surface area contributed by atoms with E-state index in [9.17, 15) is 0 Å². The predicted molar refractivity (Wildman–Crippen MR) is 121 cm³/mol. The average molecular weight is 360 g/mol. The van der Waals surface area contributed by atoms with Gasteiger partial charge in [-0.1, -0.05) is 113 Å². The Morgan fingerprint density at radius 1 is 0.815 bits per heavy atom. The first-order valence-electron chi connectivity index (χ1n) is 10.3. The molecule has 0 radical (unpaired) electrons. The summed E-state index contributed by atoms with van der Waals surface area (Å²) in [7, 11) is 0. The van der Waals surface area contributed by atoms with E-state index in [0.717, 1.165) is 40.7 Å². The van der Waals surface area contributed by atoms with Crippen LogP contribution >= 0.6 is 0 Å². The van der Waals surface area contributed by atoms with Crippen LogP contribution in [0.5, 0.6) is 0 Å². The Labute approximate surface area is 165 Å². The van der Waals surface area contributed by atoms with E-state index in [-0.39, 0.29) is 0 Å². The molecule has 0 unspecified atom stereocenters. The summed E-state index contributed by atoms with van der Waals surface area (Å²) in [4.78, 5) is 5.25. The Bertz CT molecular complexity index is 727. The lowest BCUT2D eigenvalue weighted by Crippen LogP contribution is -2.17. The van der Waals surface area contributed by atoms with Crippen LogP contribution in [0.15, 0.2) is 71.1 Å². The summed E-state index contributed by atoms with van der Waals surface area (Å²) < 4.78 is 0. The SMILES string of the molecule is CCCCB(CCCC)N=C(C(C)=C(N)c1ccccc1)c1ccccc1. The lowest BCUT2D eigenvalue weighted by atomic mass is 9.55. The first-order chi connectivity index (χ1) is 13.2. The maximum atomic E-state index is 6.55. The summed E-state index contributed by atoms with van der Waals surface area (Å²) >= 11 is 0. The minimum absolute atomic E-state index is 0.360. The minimum Gasteiger partial charge on any atom is -0.398 e. The lowest BCUT2D eigenvalue weighted by molar-refractivity contribution is 0.839. The van der Waals surface area contributed by atoms with E-state index in [0.29, 0.717) is 6.85 Å². The first kappa shape index (κ1) is 21.0. The van der Waals surface area contributed by atoms with Crippen LogP contribution < -0.4 is 5.73 Å². The fraction of sp³-hybridized carbons (Fsp3) is 0.375. The first-order valence-corrected chi connectivity index (χ1v) is 10.3. The van der Waals surface area contributed by atoms with Crippen LogP contribution in [-0.2, 0) is 0 Å². The molecule has 0 fully saturated rings. The molecule has 0 aliphatic rings. The molecule has 2 N–H and O–H groups in total. The second kappa shape index (κ2) is 11.4. The van der Waals surface area contributed by atoms with Gasteiger partial charge in [-0.3, -0.25) is 0 Å². The van der Waals surface area contributed by atoms with Gasteiger partial charge in [0.2, 0.25) is 0 Å². The molecule has 2 aromatic rings. The van der Waals surface area contributed by atoms with Crippen molar-refractivity contribution in [1.82, 2.24) is 0 Å². The van der Waals surface area contributed by atoms with Gasteiger partial charge < -0.3 is 10.6 Å². The van der Waals surface area contributed by atoms with Crippen LogP contribution in [0.1, 0.15) is 57.6 Å². The van der Waals surface area contributed by atoms with Gasteiger partial charge in [0.05, 0.1) is 5.71 Å². The number of hydrogen-bond donors (Lipinski definition) is 1. The highest BCUT2D eigenvalue weighted by Gasteiger charge is 2.17. The third-order valence-corrected chi connectivity index (χ3v) is 4.98. The van der Waals surface area contributed by atoms with Gasteiger partial charge >= 0.3 is 0 Å². The van der Waals surface area contributed by atoms with Gasteiger partial charge in [-0.05, 0) is 23.6 Å². The van der Waals surface area contributed by atoms with Gasteiger partial charge in [-0.25, -0.2) is 0 Å². The molecule has 2 aromatic carbocycles. The van der Waals surface area contributed by atoms with Gasteiger partial charge in [0.1, 0.15) is 0 Å². The minimum atomic E-state index is 0.360. The number of allylic oxidation sites excluding steroid dienone is 1. The van der Waals surface area contributed by atoms with Crippen LogP contribution in [0.2, 0.25) is 12.6 Å². The molecule has 27 heavy (non-hydrogen) atoms. The quantitative estimate of drug-likeness (QED) is 0.383. The molecule has 0 bridgehead atoms. The van der Waals surface area contributed by atoms with Gasteiger partial charge in [0.25, 0.3) is 6.85 Å². The second-order valence-corrected chi connectivity index (χ2v) is 7.19. The summed E-state index contributed by atoms with van der Waals surface area (Å²) in [6.07, 6.45) is 7.14. The Morgan fingerprint density at radius 2 is 1.30 bits per heavy atom. The Morgan fingerprint density at radius 3 is 1.78 bits per heavy atom. The fourth-order valence-electron chi connectivity index (χ4n) is 3.28. The fourth-order valence-corrected chi connectivity index (χ4v) is 3.28. The van der Waals surface area contributed by atoms with E-state index in [1.54, 1.807) is 0 Å². The maximum absolute atomic E-state index is 6.55. The zero-order valence-corrected chi connectivity index (χ0v) is 17.1. The highest BCUT2D eigenvalue weighted by molar-refractivity contribution is 6.59. The van der Waals surface area contributed by atoms with Crippen LogP contribution in [0, 0.1) is 0 Å². The molecule has 0 aliphatic carbocycles. The Hall–Kier alpha value is -2.29. The van der Waals surface area contributed by atoms with Crippen molar-refractivity contribution < 1.29 is 0 Å². The van der Waals surface area contributed by atoms with Gasteiger partial charge in [-0.2, -0.15) is 0 Å². The Kier molecular flexibility index (Phi) is 8.90. The largest absolute Gasteiger partial charge is 0.398 e. The smallest absolute Gasteiger partial charge is 0.280 e. The summed E-state index contributed by atoms with van der Waals surface area (Å²) in [5.74, 6) is 0. The lowest BCUT2D eigenvalue weighted by Gasteiger charge is -2.16. The molecule has 0 aliphatic heterocycles. The average Bonchev–Trinajstić information content (AvgIpc) is 2.73. The molecule has 0 atom stereocenters. The summed E-state index contributed by atoms with van der Waals surface area (Å²) in [6, 6.07) is 20.7. The summed E-state index contributed by atoms with van der Waals surface area (Å²) in [5, 5.41) is 0. The number of nitrogens with zero attached hydrogens (tertiary/aromatic N) is 1. The zero-order valence-electron chi connectivity index (χ0n) is 17.1. The highest BCUT2D eigenvalue weighted by Crippen LogP contribution is 2.21. The van der Waals surface area contributed by atoms with Crippen molar-refractivity contribution in [3.8, 4) is 0 Å². The van der Waals surface area contributed by atoms with Crippen molar-refractivity contribution in [3.05, 3.63) is 77.4 Å². The molecule has 0 amide bonds. The number of nitrogens with two attached hydrogens (primary N) is 1. The standard InChI is InChI=1S/C24H33BN2/c1-4-6-18-25(19-7-5-2)27-24(22-16-12-9-13-17-22)20(3)23(26)21-14-10-8-11-15-21/h8-17H,4-7,18-19,26H2,1-3H3. The number of benzene rings is 2. The molecule has 0 saturated heterocycles. The van der Waals surface area contributed by atoms with Crippen molar-refractivity contribution in [2.75, 3.05) is 0 Å². The van der Waals surface area contributed by atoms with E-state index < -0.39 is 0 Å². The van der Waals surface area contributed by atoms with Crippen molar-refractivity contribution in [1.29, 1.82) is 0 Å². The van der Waals surface area contributed by atoms with E-state index >= 15 is 0 Å². The van der Waals surface area contributed by atoms with Crippen LogP contribution in [0.4, 0.5) is 0 Å². The molecular weight excluding hydrogens is 327 g/mol. The monoisotopic (exact) mass is 360 g/mol. The van der Waals surface area contributed by atoms with Gasteiger partial charge in [0, 0.05) is 5.70 Å². The van der Waals surface area contributed by atoms with E-state index in [1.807, 2.05) is 24.3 Å². The summed E-state index contributed by atoms with van der Waals surface area (Å²) in [5.41, 5.74) is 11.7. The normalized spacial score (nSPS) is 12.6. The number of rotatable bonds is 10. The molecule has 0 spiro atoms. The van der Waals surface area contributed by atoms with E-state index in [1.165, 1.54) is 25.7 Å². The van der Waals surface area contributed by atoms with Gasteiger partial charge in [0.15, 0.2) is 0 Å². The van der Waals surface area contributed by atoms with Gasteiger partial charge in [-0.15, -0.1) is 0 Å². The molecule has 3 heteroatoms. The molecule has 142 valence electrons. The van der Waals surface area contributed by atoms with Crippen molar-refractivity contribution in [2.24, 2.45) is 10.6 Å². The molecular formula is C24H33BN2. The number of unbranched alkanes of at least 4 members (excludes halogenated alkanes) is 2. The second-order valence-electron chi connectivity index (χ2n) is 7.19. The van der Waals surface area contributed by atoms with E-state index in [2.05, 4.69) is 57.2 Å². The third kappa shape index (κ3) is 6.43. The van der Waals surface area contributed by atoms with Crippen LogP contribution in [0.25, 0.3) is 5.70 Å². The molecule has 0 heterocycles. The third-order valence-electron chi connectivity index (χ3n) is 4.98. The van der Waals surface area contributed by atoms with Crippen molar-refractivity contribution >= 4 is 18.3 Å². The van der Waals surface area contributed by atoms with E-state index in [4.69, 9.17) is 10.6 Å². The number of hydrogen-bond acceptors (Lipinski definition) is 2.